The van der Waals surface area contributed by atoms with Gasteiger partial charge in [-0.1, -0.05) is 6.92 Å². The molecule has 1 aliphatic heterocycles. The number of fused-ring (bicyclic) bond motifs is 2. The largest absolute Gasteiger partial charge is 0.390 e. The van der Waals surface area contributed by atoms with Crippen LogP contribution in [0.2, 0.25) is 0 Å². The monoisotopic (exact) mass is 343 g/mol. The van der Waals surface area contributed by atoms with E-state index in [0.717, 1.165) is 38.5 Å². The fourth-order valence-corrected chi connectivity index (χ4v) is 7.45. The van der Waals surface area contributed by atoms with Crippen molar-refractivity contribution in [2.24, 2.45) is 34.8 Å². The Kier molecular flexibility index (Phi) is 3.21. The van der Waals surface area contributed by atoms with Crippen LogP contribution in [-0.2, 0) is 4.79 Å². The molecule has 1 heterocycles. The van der Waals surface area contributed by atoms with E-state index in [-0.39, 0.29) is 23.4 Å². The van der Waals surface area contributed by atoms with Gasteiger partial charge in [-0.3, -0.25) is 4.79 Å². The minimum atomic E-state index is -0.616. The summed E-state index contributed by atoms with van der Waals surface area (Å²) in [6.07, 6.45) is 7.47. The van der Waals surface area contributed by atoms with Crippen LogP contribution in [0.15, 0.2) is 0 Å². The Labute approximate surface area is 149 Å². The fraction of sp³-hybridized carbons (Fsp3) is 0.900. The first-order valence-corrected chi connectivity index (χ1v) is 10.1. The molecule has 5 aliphatic carbocycles. The van der Waals surface area contributed by atoms with Gasteiger partial charge in [-0.2, -0.15) is 5.26 Å². The van der Waals surface area contributed by atoms with Gasteiger partial charge in [0.2, 0.25) is 5.91 Å². The van der Waals surface area contributed by atoms with Crippen LogP contribution in [0.1, 0.15) is 58.3 Å². The van der Waals surface area contributed by atoms with Gasteiger partial charge in [0.05, 0.1) is 17.7 Å². The van der Waals surface area contributed by atoms with Crippen molar-refractivity contribution in [3.05, 3.63) is 0 Å². The second-order valence-corrected chi connectivity index (χ2v) is 10.00. The maximum Gasteiger partial charge on any atom is 0.241 e. The molecule has 0 spiro atoms. The van der Waals surface area contributed by atoms with Crippen molar-refractivity contribution in [2.75, 3.05) is 0 Å². The molecule has 9 atom stereocenters. The summed E-state index contributed by atoms with van der Waals surface area (Å²) in [6.45, 7) is 2.17. The molecule has 25 heavy (non-hydrogen) atoms. The van der Waals surface area contributed by atoms with Gasteiger partial charge in [0.1, 0.15) is 6.04 Å². The average Bonchev–Trinajstić information content (AvgIpc) is 3.07. The third kappa shape index (κ3) is 2.16. The smallest absolute Gasteiger partial charge is 0.241 e. The lowest BCUT2D eigenvalue weighted by atomic mass is 9.57. The topological polar surface area (TPSA) is 90.4 Å². The lowest BCUT2D eigenvalue weighted by molar-refractivity contribution is -0.144. The van der Waals surface area contributed by atoms with Crippen molar-refractivity contribution < 1.29 is 9.90 Å². The van der Waals surface area contributed by atoms with Crippen molar-refractivity contribution in [3.63, 3.8) is 0 Å². The molecule has 6 aliphatic rings. The highest BCUT2D eigenvalue weighted by molar-refractivity contribution is 5.84. The molecule has 1 amide bonds. The van der Waals surface area contributed by atoms with Gasteiger partial charge in [0, 0.05) is 6.04 Å². The molecule has 0 aromatic rings. The molecule has 1 saturated heterocycles. The van der Waals surface area contributed by atoms with Gasteiger partial charge in [-0.05, 0) is 80.5 Å². The Balaban J connectivity index is 1.44. The number of hydrogen-bond donors (Lipinski definition) is 2. The number of nitriles is 1. The molecule has 6 rings (SSSR count). The second kappa shape index (κ2) is 4.98. The van der Waals surface area contributed by atoms with Crippen LogP contribution in [0.5, 0.6) is 0 Å². The van der Waals surface area contributed by atoms with Crippen molar-refractivity contribution in [1.82, 2.24) is 4.90 Å². The minimum absolute atomic E-state index is 0.0215. The molecule has 0 aromatic carbocycles. The van der Waals surface area contributed by atoms with Gasteiger partial charge in [0.15, 0.2) is 0 Å². The van der Waals surface area contributed by atoms with Gasteiger partial charge in [-0.25, -0.2) is 0 Å². The SMILES string of the molecule is C[C@H]1C2C[C@@H](C#N)N(C(=O)[C@@H](N)C34CCC5CC(CC(O)(C5)C3)C4)C21. The summed E-state index contributed by atoms with van der Waals surface area (Å²) in [4.78, 5) is 15.2. The third-order valence-corrected chi connectivity index (χ3v) is 8.42. The number of hydrogen-bond acceptors (Lipinski definition) is 4. The molecule has 5 heteroatoms. The molecular weight excluding hydrogens is 314 g/mol. The summed E-state index contributed by atoms with van der Waals surface area (Å²) in [5.41, 5.74) is 5.77. The summed E-state index contributed by atoms with van der Waals surface area (Å²) in [5, 5.41) is 20.6. The van der Waals surface area contributed by atoms with E-state index in [4.69, 9.17) is 5.73 Å². The number of carbonyl (C=O) groups excluding carboxylic acids is 1. The maximum atomic E-state index is 13.4. The van der Waals surface area contributed by atoms with E-state index in [9.17, 15) is 15.2 Å². The van der Waals surface area contributed by atoms with Crippen molar-refractivity contribution in [1.29, 1.82) is 5.26 Å². The van der Waals surface area contributed by atoms with Gasteiger partial charge < -0.3 is 15.7 Å². The first-order valence-electron chi connectivity index (χ1n) is 10.1. The van der Waals surface area contributed by atoms with E-state index in [1.54, 1.807) is 0 Å². The number of aliphatic hydroxyl groups is 1. The molecule has 5 nitrogen and oxygen atoms in total. The quantitative estimate of drug-likeness (QED) is 0.800. The Morgan fingerprint density at radius 2 is 2.08 bits per heavy atom. The summed E-state index contributed by atoms with van der Waals surface area (Å²) in [6, 6.07) is 1.68. The van der Waals surface area contributed by atoms with Crippen LogP contribution in [-0.4, -0.2) is 39.6 Å². The fourth-order valence-electron chi connectivity index (χ4n) is 7.45. The zero-order valence-corrected chi connectivity index (χ0v) is 15.0. The van der Waals surface area contributed by atoms with Crippen LogP contribution >= 0.6 is 0 Å². The first-order chi connectivity index (χ1) is 11.9. The molecule has 5 saturated carbocycles. The van der Waals surface area contributed by atoms with E-state index in [1.165, 1.54) is 6.42 Å². The summed E-state index contributed by atoms with van der Waals surface area (Å²) in [7, 11) is 0. The van der Waals surface area contributed by atoms with Crippen molar-refractivity contribution in [3.8, 4) is 6.07 Å². The Morgan fingerprint density at radius 3 is 2.80 bits per heavy atom. The van der Waals surface area contributed by atoms with Crippen LogP contribution < -0.4 is 5.73 Å². The van der Waals surface area contributed by atoms with Crippen LogP contribution in [0.4, 0.5) is 0 Å². The Hall–Kier alpha value is -1.12. The number of likely N-dealkylation sites (tertiary alicyclic amines) is 1. The maximum absolute atomic E-state index is 13.4. The summed E-state index contributed by atoms with van der Waals surface area (Å²) < 4.78 is 0. The van der Waals surface area contributed by atoms with Gasteiger partial charge in [0.25, 0.3) is 0 Å². The standard InChI is InChI=1S/C20H29N3O2/c1-11-15-5-14(9-21)23(16(11)15)18(24)17(22)19-3-2-12-4-13(6-19)8-20(25,7-12)10-19/h11-17,25H,2-8,10,22H2,1H3/t11-,12?,13?,14-,15?,16?,17+,19?,20?/m0/s1. The number of carbonyl (C=O) groups is 1. The Morgan fingerprint density at radius 1 is 1.32 bits per heavy atom. The summed E-state index contributed by atoms with van der Waals surface area (Å²) >= 11 is 0. The number of nitrogens with zero attached hydrogens (tertiary/aromatic N) is 2. The molecule has 0 radical (unpaired) electrons. The lowest BCUT2D eigenvalue weighted by Crippen LogP contribution is -2.59. The number of rotatable bonds is 2. The highest BCUT2D eigenvalue weighted by atomic mass is 16.3. The first kappa shape index (κ1) is 16.1. The molecule has 6 unspecified atom stereocenters. The van der Waals surface area contributed by atoms with Crippen LogP contribution in [0.25, 0.3) is 0 Å². The molecule has 3 N–H and O–H groups in total. The van der Waals surface area contributed by atoms with E-state index in [1.807, 2.05) is 4.90 Å². The van der Waals surface area contributed by atoms with Crippen LogP contribution in [0, 0.1) is 40.4 Å². The molecule has 6 fully saturated rings. The zero-order valence-electron chi connectivity index (χ0n) is 15.0. The van der Waals surface area contributed by atoms with E-state index < -0.39 is 11.6 Å². The molecule has 136 valence electrons. The summed E-state index contributed by atoms with van der Waals surface area (Å²) in [5.74, 6) is 2.08. The van der Waals surface area contributed by atoms with Crippen molar-refractivity contribution in [2.45, 2.75) is 82.0 Å². The number of nitrogens with two attached hydrogens (primary N) is 1. The van der Waals surface area contributed by atoms with Gasteiger partial charge in [-0.15, -0.1) is 0 Å². The highest BCUT2D eigenvalue weighted by Gasteiger charge is 2.63. The molecule has 0 aromatic heterocycles. The molecule has 4 bridgehead atoms. The molecular formula is C20H29N3O2. The minimum Gasteiger partial charge on any atom is -0.390 e. The second-order valence-electron chi connectivity index (χ2n) is 10.00. The Bertz CT molecular complexity index is 660. The highest BCUT2D eigenvalue weighted by Crippen LogP contribution is 2.60. The average molecular weight is 343 g/mol. The predicted molar refractivity (Wildman–Crippen MR) is 92.0 cm³/mol. The zero-order chi connectivity index (χ0) is 17.6. The number of piperidine rings is 1. The predicted octanol–water partition coefficient (Wildman–Crippen LogP) is 1.79. The van der Waals surface area contributed by atoms with Crippen LogP contribution in [0.3, 0.4) is 0 Å². The normalized spacial score (nSPS) is 53.9. The van der Waals surface area contributed by atoms with Gasteiger partial charge >= 0.3 is 0 Å². The third-order valence-electron chi connectivity index (χ3n) is 8.42. The van der Waals surface area contributed by atoms with Crippen molar-refractivity contribution >= 4 is 5.91 Å². The van der Waals surface area contributed by atoms with E-state index in [0.29, 0.717) is 30.1 Å². The van der Waals surface area contributed by atoms with E-state index >= 15 is 0 Å². The lowest BCUT2D eigenvalue weighted by Gasteiger charge is -2.52. The van der Waals surface area contributed by atoms with E-state index in [2.05, 4.69) is 13.0 Å². The number of amides is 1.